The monoisotopic (exact) mass is 365 g/mol. The predicted octanol–water partition coefficient (Wildman–Crippen LogP) is 2.94. The molecule has 0 atom stereocenters. The molecular weight excluding hydrogens is 359 g/mol. The zero-order valence-corrected chi connectivity index (χ0v) is 11.9. The summed E-state index contributed by atoms with van der Waals surface area (Å²) >= 11 is 2.95. The predicted molar refractivity (Wildman–Crippen MR) is 67.4 cm³/mol. The van der Waals surface area contributed by atoms with E-state index in [9.17, 15) is 18.0 Å². The Balaban J connectivity index is 2.38. The van der Waals surface area contributed by atoms with Crippen molar-refractivity contribution in [2.75, 3.05) is 0 Å². The maximum Gasteiger partial charge on any atom is 0.573 e. The van der Waals surface area contributed by atoms with Crippen molar-refractivity contribution in [3.63, 3.8) is 0 Å². The highest BCUT2D eigenvalue weighted by Gasteiger charge is 2.32. The normalized spacial score (nSPS) is 11.5. The number of carboxylic acid groups (broad SMARTS) is 1. The topological polar surface area (TPSA) is 77.2 Å². The van der Waals surface area contributed by atoms with E-state index in [2.05, 4.69) is 30.7 Å². The van der Waals surface area contributed by atoms with Crippen LogP contribution >= 0.6 is 15.9 Å². The Kier molecular flexibility index (Phi) is 3.90. The molecule has 0 saturated heterocycles. The first kappa shape index (κ1) is 15.3. The van der Waals surface area contributed by atoms with Crippen LogP contribution in [0.15, 0.2) is 22.7 Å². The second-order valence-electron chi connectivity index (χ2n) is 3.86. The number of alkyl halides is 3. The lowest BCUT2D eigenvalue weighted by Gasteiger charge is -2.11. The van der Waals surface area contributed by atoms with Crippen LogP contribution in [0.3, 0.4) is 0 Å². The molecule has 112 valence electrons. The molecule has 0 aliphatic heterocycles. The first-order valence-electron chi connectivity index (χ1n) is 5.40. The number of halogens is 4. The highest BCUT2D eigenvalue weighted by atomic mass is 79.9. The molecule has 0 fully saturated rings. The van der Waals surface area contributed by atoms with Crippen LogP contribution in [0.1, 0.15) is 16.4 Å². The van der Waals surface area contributed by atoms with Crippen molar-refractivity contribution in [1.82, 2.24) is 14.8 Å². The third kappa shape index (κ3) is 3.51. The minimum absolute atomic E-state index is 0.0455. The summed E-state index contributed by atoms with van der Waals surface area (Å²) in [6.45, 7) is 1.52. The molecule has 1 aromatic heterocycles. The smallest absolute Gasteiger partial charge is 0.475 e. The van der Waals surface area contributed by atoms with Gasteiger partial charge in [-0.25, -0.2) is 14.5 Å². The molecule has 0 unspecified atom stereocenters. The van der Waals surface area contributed by atoms with Gasteiger partial charge < -0.3 is 9.84 Å². The fourth-order valence-electron chi connectivity index (χ4n) is 1.55. The number of rotatable bonds is 3. The number of carbonyl (C=O) groups is 1. The van der Waals surface area contributed by atoms with Gasteiger partial charge in [0.25, 0.3) is 5.82 Å². The average Bonchev–Trinajstić information content (AvgIpc) is 2.73. The van der Waals surface area contributed by atoms with Crippen molar-refractivity contribution < 1.29 is 27.8 Å². The zero-order chi connectivity index (χ0) is 15.8. The summed E-state index contributed by atoms with van der Waals surface area (Å²) in [7, 11) is 0. The van der Waals surface area contributed by atoms with E-state index >= 15 is 0 Å². The van der Waals surface area contributed by atoms with Gasteiger partial charge in [-0.05, 0) is 41.1 Å². The standard InChI is InChI=1S/C11H7BrF3N3O3/c1-5-16-9(10(19)20)17-18(5)6-2-3-8(7(12)4-6)21-11(13,14)15/h2-4H,1H3,(H,19,20). The van der Waals surface area contributed by atoms with E-state index < -0.39 is 23.9 Å². The van der Waals surface area contributed by atoms with E-state index in [1.807, 2.05) is 0 Å². The number of aromatic carboxylic acids is 1. The molecule has 1 aromatic carbocycles. The second kappa shape index (κ2) is 5.35. The molecule has 10 heteroatoms. The van der Waals surface area contributed by atoms with Gasteiger partial charge in [0.1, 0.15) is 11.6 Å². The number of hydrogen-bond donors (Lipinski definition) is 1. The molecule has 1 heterocycles. The van der Waals surface area contributed by atoms with Crippen LogP contribution < -0.4 is 4.74 Å². The van der Waals surface area contributed by atoms with Crippen molar-refractivity contribution in [3.8, 4) is 11.4 Å². The SMILES string of the molecule is Cc1nc(C(=O)O)nn1-c1ccc(OC(F)(F)F)c(Br)c1. The number of aromatic nitrogens is 3. The van der Waals surface area contributed by atoms with Crippen LogP contribution in [-0.2, 0) is 0 Å². The quantitative estimate of drug-likeness (QED) is 0.904. The summed E-state index contributed by atoms with van der Waals surface area (Å²) in [5.74, 6) is -1.83. The maximum absolute atomic E-state index is 12.2. The zero-order valence-electron chi connectivity index (χ0n) is 10.3. The Hall–Kier alpha value is -2.10. The average molecular weight is 366 g/mol. The van der Waals surface area contributed by atoms with Gasteiger partial charge >= 0.3 is 12.3 Å². The van der Waals surface area contributed by atoms with E-state index in [4.69, 9.17) is 5.11 Å². The number of benzene rings is 1. The van der Waals surface area contributed by atoms with Crippen LogP contribution in [0.25, 0.3) is 5.69 Å². The molecule has 0 saturated carbocycles. The van der Waals surface area contributed by atoms with Crippen LogP contribution in [0.2, 0.25) is 0 Å². The van der Waals surface area contributed by atoms with Gasteiger partial charge in [-0.1, -0.05) is 0 Å². The van der Waals surface area contributed by atoms with Crippen LogP contribution in [-0.4, -0.2) is 32.2 Å². The van der Waals surface area contributed by atoms with Gasteiger partial charge in [0.2, 0.25) is 0 Å². The fourth-order valence-corrected chi connectivity index (χ4v) is 2.00. The molecule has 0 amide bonds. The third-order valence-corrected chi connectivity index (χ3v) is 2.97. The lowest BCUT2D eigenvalue weighted by atomic mass is 10.3. The number of carboxylic acids is 1. The van der Waals surface area contributed by atoms with Gasteiger partial charge in [0, 0.05) is 0 Å². The van der Waals surface area contributed by atoms with Gasteiger partial charge in [-0.2, -0.15) is 0 Å². The first-order chi connectivity index (χ1) is 9.67. The Bertz CT molecular complexity index is 700. The minimum atomic E-state index is -4.80. The van der Waals surface area contributed by atoms with E-state index in [-0.39, 0.29) is 10.3 Å². The number of nitrogens with zero attached hydrogens (tertiary/aromatic N) is 3. The molecule has 0 spiro atoms. The fraction of sp³-hybridized carbons (Fsp3) is 0.182. The molecule has 2 aromatic rings. The highest BCUT2D eigenvalue weighted by molar-refractivity contribution is 9.10. The third-order valence-electron chi connectivity index (χ3n) is 2.35. The van der Waals surface area contributed by atoms with E-state index in [1.54, 1.807) is 0 Å². The Labute approximate surface area is 124 Å². The van der Waals surface area contributed by atoms with Gasteiger partial charge in [0.05, 0.1) is 10.2 Å². The molecule has 0 aliphatic carbocycles. The molecular formula is C11H7BrF3N3O3. The number of ether oxygens (including phenoxy) is 1. The lowest BCUT2D eigenvalue weighted by molar-refractivity contribution is -0.274. The number of aryl methyl sites for hydroxylation is 1. The van der Waals surface area contributed by atoms with Crippen molar-refractivity contribution >= 4 is 21.9 Å². The molecule has 0 aliphatic rings. The van der Waals surface area contributed by atoms with Crippen LogP contribution in [0, 0.1) is 6.92 Å². The summed E-state index contributed by atoms with van der Waals surface area (Å²) in [6.07, 6.45) is -4.80. The highest BCUT2D eigenvalue weighted by Crippen LogP contribution is 2.32. The van der Waals surface area contributed by atoms with E-state index in [0.29, 0.717) is 5.69 Å². The molecule has 1 N–H and O–H groups in total. The largest absolute Gasteiger partial charge is 0.573 e. The summed E-state index contributed by atoms with van der Waals surface area (Å²) in [6, 6.07) is 3.71. The summed E-state index contributed by atoms with van der Waals surface area (Å²) < 4.78 is 41.6. The Morgan fingerprint density at radius 2 is 2.10 bits per heavy atom. The summed E-state index contributed by atoms with van der Waals surface area (Å²) in [5.41, 5.74) is 0.342. The van der Waals surface area contributed by atoms with Gasteiger partial charge in [-0.3, -0.25) is 0 Å². The summed E-state index contributed by atoms with van der Waals surface area (Å²) in [5, 5.41) is 12.6. The first-order valence-corrected chi connectivity index (χ1v) is 6.19. The Morgan fingerprint density at radius 1 is 1.43 bits per heavy atom. The molecule has 2 rings (SSSR count). The van der Waals surface area contributed by atoms with Crippen molar-refractivity contribution in [3.05, 3.63) is 34.3 Å². The molecule has 21 heavy (non-hydrogen) atoms. The maximum atomic E-state index is 12.2. The Morgan fingerprint density at radius 3 is 2.57 bits per heavy atom. The van der Waals surface area contributed by atoms with E-state index in [0.717, 1.165) is 6.07 Å². The minimum Gasteiger partial charge on any atom is -0.475 e. The van der Waals surface area contributed by atoms with Crippen LogP contribution in [0.5, 0.6) is 5.75 Å². The lowest BCUT2D eigenvalue weighted by Crippen LogP contribution is -2.17. The van der Waals surface area contributed by atoms with E-state index in [1.165, 1.54) is 23.7 Å². The summed E-state index contributed by atoms with van der Waals surface area (Å²) in [4.78, 5) is 14.5. The van der Waals surface area contributed by atoms with Crippen LogP contribution in [0.4, 0.5) is 13.2 Å². The number of hydrogen-bond acceptors (Lipinski definition) is 4. The van der Waals surface area contributed by atoms with Crippen molar-refractivity contribution in [2.24, 2.45) is 0 Å². The van der Waals surface area contributed by atoms with Gasteiger partial charge in [-0.15, -0.1) is 18.3 Å². The van der Waals surface area contributed by atoms with Crippen molar-refractivity contribution in [2.45, 2.75) is 13.3 Å². The molecule has 0 bridgehead atoms. The van der Waals surface area contributed by atoms with Crippen molar-refractivity contribution in [1.29, 1.82) is 0 Å². The molecule has 0 radical (unpaired) electrons. The molecule has 6 nitrogen and oxygen atoms in total. The second-order valence-corrected chi connectivity index (χ2v) is 4.72. The van der Waals surface area contributed by atoms with Gasteiger partial charge in [0.15, 0.2) is 0 Å².